The van der Waals surface area contributed by atoms with Gasteiger partial charge in [0.05, 0.1) is 23.3 Å². The summed E-state index contributed by atoms with van der Waals surface area (Å²) in [6, 6.07) is 10.4. The van der Waals surface area contributed by atoms with Crippen molar-refractivity contribution in [1.29, 1.82) is 0 Å². The van der Waals surface area contributed by atoms with Gasteiger partial charge in [-0.1, -0.05) is 29.3 Å². The SMILES string of the molecule is COc1ccc(NC(=O)C=Cc2ccc(Cl)c(Cl)c2)cc1OCCN1C(C)(C)CC(O)CC1(C)C. The first-order chi connectivity index (χ1) is 16.4. The fraction of sp³-hybridized carbons (Fsp3) is 0.444. The standard InChI is InChI=1S/C27H34Cl2N2O4/c1-26(2)16-20(32)17-27(3,4)31(26)12-13-35-24-15-19(8-10-23(24)34-5)30-25(33)11-7-18-6-9-21(28)22(29)14-18/h6-11,14-15,20,32H,12-13,16-17H2,1-5H3,(H,30,33). The van der Waals surface area contributed by atoms with E-state index in [4.69, 9.17) is 32.7 Å². The molecule has 0 saturated carbocycles. The van der Waals surface area contributed by atoms with Crippen LogP contribution in [0.15, 0.2) is 42.5 Å². The minimum absolute atomic E-state index is 0.148. The number of benzene rings is 2. The summed E-state index contributed by atoms with van der Waals surface area (Å²) in [5.74, 6) is 0.843. The lowest BCUT2D eigenvalue weighted by Crippen LogP contribution is -2.62. The van der Waals surface area contributed by atoms with Crippen molar-refractivity contribution in [3.63, 3.8) is 0 Å². The second-order valence-electron chi connectivity index (χ2n) is 10.0. The zero-order chi connectivity index (χ0) is 25.8. The Morgan fingerprint density at radius 1 is 1.09 bits per heavy atom. The van der Waals surface area contributed by atoms with E-state index in [0.29, 0.717) is 40.4 Å². The molecule has 0 atom stereocenters. The van der Waals surface area contributed by atoms with Crippen LogP contribution in [0.3, 0.4) is 0 Å². The molecule has 2 aromatic carbocycles. The van der Waals surface area contributed by atoms with Gasteiger partial charge in [0.15, 0.2) is 11.5 Å². The van der Waals surface area contributed by atoms with Crippen LogP contribution in [0.1, 0.15) is 46.1 Å². The largest absolute Gasteiger partial charge is 0.493 e. The van der Waals surface area contributed by atoms with E-state index in [1.807, 2.05) is 0 Å². The van der Waals surface area contributed by atoms with E-state index < -0.39 is 0 Å². The van der Waals surface area contributed by atoms with Crippen LogP contribution in [-0.4, -0.2) is 53.4 Å². The summed E-state index contributed by atoms with van der Waals surface area (Å²) >= 11 is 12.0. The van der Waals surface area contributed by atoms with Crippen molar-refractivity contribution in [3.05, 3.63) is 58.1 Å². The smallest absolute Gasteiger partial charge is 0.248 e. The average Bonchev–Trinajstić information content (AvgIpc) is 2.75. The predicted molar refractivity (Wildman–Crippen MR) is 143 cm³/mol. The number of ether oxygens (including phenoxy) is 2. The molecule has 1 heterocycles. The molecule has 0 spiro atoms. The summed E-state index contributed by atoms with van der Waals surface area (Å²) in [7, 11) is 1.58. The quantitative estimate of drug-likeness (QED) is 0.414. The Morgan fingerprint density at radius 3 is 2.40 bits per heavy atom. The lowest BCUT2D eigenvalue weighted by molar-refractivity contribution is -0.111. The molecule has 3 rings (SSSR count). The Bertz CT molecular complexity index is 1070. The predicted octanol–water partition coefficient (Wildman–Crippen LogP) is 6.05. The van der Waals surface area contributed by atoms with Crippen LogP contribution in [0.2, 0.25) is 10.0 Å². The zero-order valence-electron chi connectivity index (χ0n) is 20.9. The number of nitrogens with zero attached hydrogens (tertiary/aromatic N) is 1. The minimum Gasteiger partial charge on any atom is -0.493 e. The van der Waals surface area contributed by atoms with E-state index in [1.165, 1.54) is 6.08 Å². The molecule has 1 aliphatic heterocycles. The van der Waals surface area contributed by atoms with Gasteiger partial charge in [-0.15, -0.1) is 0 Å². The van der Waals surface area contributed by atoms with E-state index in [1.54, 1.807) is 49.6 Å². The second-order valence-corrected chi connectivity index (χ2v) is 10.9. The molecule has 2 N–H and O–H groups in total. The van der Waals surface area contributed by atoms with Crippen molar-refractivity contribution in [2.45, 2.75) is 57.7 Å². The third-order valence-corrected chi connectivity index (χ3v) is 7.05. The van der Waals surface area contributed by atoms with Crippen LogP contribution in [-0.2, 0) is 4.79 Å². The summed E-state index contributed by atoms with van der Waals surface area (Å²) in [5.41, 5.74) is 1.06. The highest BCUT2D eigenvalue weighted by Crippen LogP contribution is 2.38. The molecule has 1 saturated heterocycles. The average molecular weight is 521 g/mol. The second kappa shape index (κ2) is 11.2. The molecular weight excluding hydrogens is 487 g/mol. The first-order valence-electron chi connectivity index (χ1n) is 11.6. The number of carbonyl (C=O) groups is 1. The summed E-state index contributed by atoms with van der Waals surface area (Å²) in [6.07, 6.45) is 4.23. The summed E-state index contributed by atoms with van der Waals surface area (Å²) < 4.78 is 11.5. The topological polar surface area (TPSA) is 71.0 Å². The van der Waals surface area contributed by atoms with Crippen LogP contribution in [0.5, 0.6) is 11.5 Å². The Kier molecular flexibility index (Phi) is 8.76. The molecule has 0 radical (unpaired) electrons. The molecule has 190 valence electrons. The highest BCUT2D eigenvalue weighted by Gasteiger charge is 2.44. The van der Waals surface area contributed by atoms with Crippen LogP contribution in [0.4, 0.5) is 5.69 Å². The van der Waals surface area contributed by atoms with E-state index >= 15 is 0 Å². The number of carbonyl (C=O) groups excluding carboxylic acids is 1. The third kappa shape index (κ3) is 7.14. The summed E-state index contributed by atoms with van der Waals surface area (Å²) in [5, 5.41) is 14.0. The van der Waals surface area contributed by atoms with Gasteiger partial charge in [0.1, 0.15) is 6.61 Å². The third-order valence-electron chi connectivity index (χ3n) is 6.31. The fourth-order valence-electron chi connectivity index (χ4n) is 4.96. The summed E-state index contributed by atoms with van der Waals surface area (Å²) in [6.45, 7) is 9.74. The maximum atomic E-state index is 12.4. The molecule has 0 unspecified atom stereocenters. The van der Waals surface area contributed by atoms with Gasteiger partial charge < -0.3 is 19.9 Å². The van der Waals surface area contributed by atoms with Crippen molar-refractivity contribution < 1.29 is 19.4 Å². The van der Waals surface area contributed by atoms with E-state index in [9.17, 15) is 9.90 Å². The minimum atomic E-state index is -0.303. The molecule has 6 nitrogen and oxygen atoms in total. The maximum Gasteiger partial charge on any atom is 0.248 e. The van der Waals surface area contributed by atoms with Crippen molar-refractivity contribution in [2.75, 3.05) is 25.6 Å². The van der Waals surface area contributed by atoms with E-state index in [-0.39, 0.29) is 23.1 Å². The Morgan fingerprint density at radius 2 is 1.77 bits per heavy atom. The lowest BCUT2D eigenvalue weighted by Gasteiger charge is -2.54. The number of anilines is 1. The number of hydrogen-bond acceptors (Lipinski definition) is 5. The molecule has 8 heteroatoms. The van der Waals surface area contributed by atoms with Crippen molar-refractivity contribution >= 4 is 40.9 Å². The number of nitrogens with one attached hydrogen (secondary N) is 1. The number of aliphatic hydroxyl groups excluding tert-OH is 1. The number of likely N-dealkylation sites (tertiary alicyclic amines) is 1. The van der Waals surface area contributed by atoms with Crippen molar-refractivity contribution in [1.82, 2.24) is 4.90 Å². The van der Waals surface area contributed by atoms with Crippen molar-refractivity contribution in [2.24, 2.45) is 0 Å². The van der Waals surface area contributed by atoms with Gasteiger partial charge in [-0.05, 0) is 76.4 Å². The molecule has 35 heavy (non-hydrogen) atoms. The molecule has 1 aliphatic rings. The molecule has 0 aromatic heterocycles. The number of aliphatic hydroxyl groups is 1. The number of amides is 1. The lowest BCUT2D eigenvalue weighted by atomic mass is 9.78. The van der Waals surface area contributed by atoms with E-state index in [0.717, 1.165) is 18.4 Å². The van der Waals surface area contributed by atoms with Gasteiger partial charge in [-0.2, -0.15) is 0 Å². The van der Waals surface area contributed by atoms with Crippen LogP contribution in [0.25, 0.3) is 6.08 Å². The van der Waals surface area contributed by atoms with E-state index in [2.05, 4.69) is 37.9 Å². The number of rotatable bonds is 8. The van der Waals surface area contributed by atoms with Crippen LogP contribution in [0, 0.1) is 0 Å². The Labute approximate surface area is 217 Å². The summed E-state index contributed by atoms with van der Waals surface area (Å²) in [4.78, 5) is 14.8. The molecule has 1 fully saturated rings. The highest BCUT2D eigenvalue weighted by molar-refractivity contribution is 6.42. The Hall–Kier alpha value is -2.25. The Balaban J connectivity index is 1.64. The molecule has 0 bridgehead atoms. The van der Waals surface area contributed by atoms with Gasteiger partial charge in [0.2, 0.25) is 5.91 Å². The number of piperidine rings is 1. The zero-order valence-corrected chi connectivity index (χ0v) is 22.4. The van der Waals surface area contributed by atoms with Crippen LogP contribution >= 0.6 is 23.2 Å². The van der Waals surface area contributed by atoms with Gasteiger partial charge in [0, 0.05) is 35.5 Å². The van der Waals surface area contributed by atoms with Gasteiger partial charge in [-0.25, -0.2) is 0 Å². The first kappa shape index (κ1) is 27.3. The molecule has 1 amide bonds. The number of methoxy groups -OCH3 is 1. The molecule has 0 aliphatic carbocycles. The van der Waals surface area contributed by atoms with Gasteiger partial charge in [-0.3, -0.25) is 9.69 Å². The number of halogens is 2. The fourth-order valence-corrected chi connectivity index (χ4v) is 5.26. The molecule has 2 aromatic rings. The van der Waals surface area contributed by atoms with Crippen LogP contribution < -0.4 is 14.8 Å². The first-order valence-corrected chi connectivity index (χ1v) is 12.4. The highest BCUT2D eigenvalue weighted by atomic mass is 35.5. The maximum absolute atomic E-state index is 12.4. The monoisotopic (exact) mass is 520 g/mol. The van der Waals surface area contributed by atoms with Gasteiger partial charge in [0.25, 0.3) is 0 Å². The van der Waals surface area contributed by atoms with Crippen molar-refractivity contribution in [3.8, 4) is 11.5 Å². The molecular formula is C27H34Cl2N2O4. The normalized spacial score (nSPS) is 17.9. The van der Waals surface area contributed by atoms with Gasteiger partial charge >= 0.3 is 0 Å². The number of hydrogen-bond donors (Lipinski definition) is 2.